The minimum absolute atomic E-state index is 0.0350. The van der Waals surface area contributed by atoms with E-state index in [9.17, 15) is 14.4 Å². The largest absolute Gasteiger partial charge is 0.496 e. The van der Waals surface area contributed by atoms with Crippen molar-refractivity contribution in [1.82, 2.24) is 24.2 Å². The van der Waals surface area contributed by atoms with Crippen LogP contribution in [0.1, 0.15) is 32.4 Å². The lowest BCUT2D eigenvalue weighted by molar-refractivity contribution is -0.130. The molecule has 45 heavy (non-hydrogen) atoms. The van der Waals surface area contributed by atoms with Gasteiger partial charge in [0.15, 0.2) is 11.5 Å². The summed E-state index contributed by atoms with van der Waals surface area (Å²) in [7, 11) is 2.84. The van der Waals surface area contributed by atoms with Crippen LogP contribution in [-0.4, -0.2) is 75.4 Å². The van der Waals surface area contributed by atoms with E-state index in [4.69, 9.17) is 4.74 Å². The van der Waals surface area contributed by atoms with E-state index in [0.717, 1.165) is 0 Å². The van der Waals surface area contributed by atoms with Gasteiger partial charge in [0, 0.05) is 36.6 Å². The molecule has 0 spiro atoms. The first-order chi connectivity index (χ1) is 21.4. The average Bonchev–Trinajstić information content (AvgIpc) is 3.39. The Morgan fingerprint density at radius 1 is 1.16 bits per heavy atom. The molecular weight excluding hydrogens is 584 g/mol. The number of nitrogens with zero attached hydrogens (tertiary/aromatic N) is 7. The van der Waals surface area contributed by atoms with Crippen molar-refractivity contribution in [2.24, 2.45) is 0 Å². The molecule has 2 atom stereocenters. The van der Waals surface area contributed by atoms with Crippen molar-refractivity contribution in [3.63, 3.8) is 0 Å². The highest BCUT2D eigenvalue weighted by molar-refractivity contribution is 6.12. The van der Waals surface area contributed by atoms with Gasteiger partial charge in [-0.3, -0.25) is 14.4 Å². The molecule has 0 unspecified atom stereocenters. The third-order valence-corrected chi connectivity index (χ3v) is 8.57. The van der Waals surface area contributed by atoms with Crippen molar-refractivity contribution >= 4 is 34.2 Å². The van der Waals surface area contributed by atoms with E-state index in [1.54, 1.807) is 27.6 Å². The smallest absolute Gasteiger partial charge is 0.284 e. The lowest BCUT2D eigenvalue weighted by Crippen LogP contribution is -2.66. The van der Waals surface area contributed by atoms with Crippen LogP contribution in [0.15, 0.2) is 47.9 Å². The summed E-state index contributed by atoms with van der Waals surface area (Å²) in [5.74, 6) is -1.87. The van der Waals surface area contributed by atoms with Gasteiger partial charge in [0.1, 0.15) is 34.8 Å². The number of anilines is 2. The summed E-state index contributed by atoms with van der Waals surface area (Å²) in [5, 5.41) is 4.71. The van der Waals surface area contributed by atoms with E-state index in [1.807, 2.05) is 20.8 Å². The van der Waals surface area contributed by atoms with Crippen molar-refractivity contribution in [2.45, 2.75) is 45.8 Å². The SMILES string of the molecule is C=CC(=O)N1C[C@@H]2C(=O)N(C)c3c(c4cc(F)c(-c5c(F)cccc5OC)nc4n(-c4c(C)cnn4C(C)C)c3=O)N2C[C@H]1C. The Hall–Kier alpha value is -5.07. The first-order valence-electron chi connectivity index (χ1n) is 14.5. The molecule has 13 heteroatoms. The minimum Gasteiger partial charge on any atom is -0.496 e. The van der Waals surface area contributed by atoms with Crippen LogP contribution in [0.2, 0.25) is 0 Å². The van der Waals surface area contributed by atoms with E-state index >= 15 is 8.78 Å². The predicted molar refractivity (Wildman–Crippen MR) is 166 cm³/mol. The highest BCUT2D eigenvalue weighted by Gasteiger charge is 2.46. The molecule has 3 aromatic heterocycles. The first kappa shape index (κ1) is 30.0. The zero-order valence-electron chi connectivity index (χ0n) is 25.8. The van der Waals surface area contributed by atoms with Gasteiger partial charge in [0.05, 0.1) is 31.1 Å². The third kappa shape index (κ3) is 4.39. The molecule has 2 amide bonds. The maximum absolute atomic E-state index is 16.3. The van der Waals surface area contributed by atoms with Gasteiger partial charge in [-0.1, -0.05) is 12.6 Å². The summed E-state index contributed by atoms with van der Waals surface area (Å²) in [5.41, 5.74) is -0.0952. The van der Waals surface area contributed by atoms with E-state index in [1.165, 1.54) is 54.0 Å². The molecule has 0 N–H and O–H groups in total. The summed E-state index contributed by atoms with van der Waals surface area (Å²) in [4.78, 5) is 50.4. The van der Waals surface area contributed by atoms with Gasteiger partial charge >= 0.3 is 0 Å². The monoisotopic (exact) mass is 617 g/mol. The fourth-order valence-electron chi connectivity index (χ4n) is 6.41. The molecule has 0 radical (unpaired) electrons. The van der Waals surface area contributed by atoms with Crippen LogP contribution in [0.25, 0.3) is 28.1 Å². The van der Waals surface area contributed by atoms with Crippen molar-refractivity contribution in [1.29, 1.82) is 0 Å². The summed E-state index contributed by atoms with van der Waals surface area (Å²) in [6, 6.07) is 3.94. The van der Waals surface area contributed by atoms with E-state index in [2.05, 4.69) is 16.7 Å². The minimum atomic E-state index is -0.850. The number of hydrogen-bond acceptors (Lipinski definition) is 7. The number of halogens is 2. The second-order valence-corrected chi connectivity index (χ2v) is 11.6. The van der Waals surface area contributed by atoms with Gasteiger partial charge in [0.25, 0.3) is 11.5 Å². The van der Waals surface area contributed by atoms with Crippen LogP contribution in [0, 0.1) is 18.6 Å². The van der Waals surface area contributed by atoms with Crippen molar-refractivity contribution in [3.8, 4) is 22.8 Å². The number of methoxy groups -OCH3 is 1. The van der Waals surface area contributed by atoms with Crippen molar-refractivity contribution < 1.29 is 23.1 Å². The standard InChI is InChI=1S/C32H33F2N7O4/c1-8-24(42)38-15-22-31(43)37(6)28-27(39(22)14-18(38)5)19-12-21(34)26(25-20(33)10-9-11-23(25)45-7)36-29(19)40(32(28)44)30-17(4)13-35-41(30)16(2)3/h8-13,16,18,22H,1,14-15H2,2-7H3/t18-,22-/m1/s1. The highest BCUT2D eigenvalue weighted by Crippen LogP contribution is 2.43. The van der Waals surface area contributed by atoms with E-state index < -0.39 is 29.1 Å². The van der Waals surface area contributed by atoms with Crippen molar-refractivity contribution in [3.05, 3.63) is 70.7 Å². The molecule has 0 bridgehead atoms. The van der Waals surface area contributed by atoms with Crippen molar-refractivity contribution in [2.75, 3.05) is 37.0 Å². The lowest BCUT2D eigenvalue weighted by Gasteiger charge is -2.49. The Morgan fingerprint density at radius 2 is 1.89 bits per heavy atom. The van der Waals surface area contributed by atoms with Crippen LogP contribution in [-0.2, 0) is 9.59 Å². The van der Waals surface area contributed by atoms with Crippen LogP contribution < -0.4 is 20.1 Å². The van der Waals surface area contributed by atoms with Crippen LogP contribution in [0.4, 0.5) is 20.2 Å². The molecule has 1 aromatic carbocycles. The molecule has 4 aromatic rings. The maximum Gasteiger partial charge on any atom is 0.284 e. The van der Waals surface area contributed by atoms with Crippen LogP contribution >= 0.6 is 0 Å². The van der Waals surface area contributed by atoms with Gasteiger partial charge in [-0.15, -0.1) is 0 Å². The zero-order valence-corrected chi connectivity index (χ0v) is 25.8. The Morgan fingerprint density at radius 3 is 2.56 bits per heavy atom. The second-order valence-electron chi connectivity index (χ2n) is 11.6. The third-order valence-electron chi connectivity index (χ3n) is 8.57. The van der Waals surface area contributed by atoms with Gasteiger partial charge in [-0.05, 0) is 52.0 Å². The number of pyridine rings is 2. The zero-order chi connectivity index (χ0) is 32.5. The number of ether oxygens (including phenoxy) is 1. The number of rotatable bonds is 5. The number of carbonyl (C=O) groups is 2. The Balaban J connectivity index is 1.74. The maximum atomic E-state index is 16.3. The predicted octanol–water partition coefficient (Wildman–Crippen LogP) is 3.99. The fourth-order valence-corrected chi connectivity index (χ4v) is 6.41. The number of aryl methyl sites for hydroxylation is 1. The molecule has 0 aliphatic carbocycles. The molecule has 1 saturated heterocycles. The molecule has 2 aliphatic rings. The quantitative estimate of drug-likeness (QED) is 0.312. The Bertz CT molecular complexity index is 1970. The molecule has 11 nitrogen and oxygen atoms in total. The molecule has 6 rings (SSSR count). The summed E-state index contributed by atoms with van der Waals surface area (Å²) in [6.07, 6.45) is 2.81. The number of amides is 2. The highest BCUT2D eigenvalue weighted by atomic mass is 19.1. The number of hydrogen-bond donors (Lipinski definition) is 0. The molecule has 234 valence electrons. The summed E-state index contributed by atoms with van der Waals surface area (Å²) >= 11 is 0. The second kappa shape index (κ2) is 10.8. The first-order valence-corrected chi connectivity index (χ1v) is 14.5. The van der Waals surface area contributed by atoms with Gasteiger partial charge in [0.2, 0.25) is 5.91 Å². The molecule has 2 aliphatic heterocycles. The number of benzene rings is 1. The van der Waals surface area contributed by atoms with Gasteiger partial charge < -0.3 is 19.4 Å². The Labute approximate surface area is 257 Å². The summed E-state index contributed by atoms with van der Waals surface area (Å²) in [6.45, 7) is 11.2. The Kier molecular flexibility index (Phi) is 7.21. The summed E-state index contributed by atoms with van der Waals surface area (Å²) < 4.78 is 39.9. The number of likely N-dealkylation sites (N-methyl/N-ethyl adjacent to an activating group) is 1. The number of aromatic nitrogens is 4. The molecule has 5 heterocycles. The number of fused-ring (bicyclic) bond motifs is 5. The normalized spacial score (nSPS) is 18.0. The van der Waals surface area contributed by atoms with Gasteiger partial charge in [-0.2, -0.15) is 5.10 Å². The number of carbonyl (C=O) groups excluding carboxylic acids is 2. The van der Waals surface area contributed by atoms with Crippen LogP contribution in [0.5, 0.6) is 5.75 Å². The lowest BCUT2D eigenvalue weighted by atomic mass is 9.98. The molecule has 1 fully saturated rings. The van der Waals surface area contributed by atoms with E-state index in [0.29, 0.717) is 17.1 Å². The average molecular weight is 618 g/mol. The van der Waals surface area contributed by atoms with Gasteiger partial charge in [-0.25, -0.2) is 23.0 Å². The number of piperazine rings is 1. The van der Waals surface area contributed by atoms with E-state index in [-0.39, 0.29) is 64.8 Å². The molecule has 0 saturated carbocycles. The fraction of sp³-hybridized carbons (Fsp3) is 0.344. The topological polar surface area (TPSA) is 106 Å². The molecular formula is C32H33F2N7O4. The van der Waals surface area contributed by atoms with Crippen LogP contribution in [0.3, 0.4) is 0 Å².